The van der Waals surface area contributed by atoms with Gasteiger partial charge < -0.3 is 11.1 Å². The number of hydrogen-bond acceptors (Lipinski definition) is 4. The summed E-state index contributed by atoms with van der Waals surface area (Å²) < 4.78 is 0. The zero-order valence-corrected chi connectivity index (χ0v) is 9.82. The fraction of sp³-hybridized carbons (Fsp3) is 0.667. The summed E-state index contributed by atoms with van der Waals surface area (Å²) in [5, 5.41) is 3.27. The van der Waals surface area contributed by atoms with Crippen LogP contribution in [0.1, 0.15) is 32.6 Å². The second kappa shape index (κ2) is 5.14. The molecule has 0 atom stereocenters. The van der Waals surface area contributed by atoms with E-state index in [4.69, 9.17) is 5.73 Å². The Labute approximate surface area is 96.7 Å². The van der Waals surface area contributed by atoms with Gasteiger partial charge in [-0.15, -0.1) is 0 Å². The summed E-state index contributed by atoms with van der Waals surface area (Å²) in [6.45, 7) is 3.31. The molecular weight excluding hydrogens is 200 g/mol. The summed E-state index contributed by atoms with van der Waals surface area (Å²) in [5.74, 6) is 2.84. The van der Waals surface area contributed by atoms with Crippen molar-refractivity contribution in [2.45, 2.75) is 32.6 Å². The maximum absolute atomic E-state index is 5.59. The van der Waals surface area contributed by atoms with Crippen LogP contribution >= 0.6 is 0 Å². The topological polar surface area (TPSA) is 63.8 Å². The lowest BCUT2D eigenvalue weighted by Crippen LogP contribution is -2.21. The third kappa shape index (κ3) is 3.08. The lowest BCUT2D eigenvalue weighted by molar-refractivity contribution is 0.300. The molecule has 4 nitrogen and oxygen atoms in total. The summed E-state index contributed by atoms with van der Waals surface area (Å²) in [6, 6.07) is 1.70. The first-order valence-corrected chi connectivity index (χ1v) is 6.06. The van der Waals surface area contributed by atoms with Crippen molar-refractivity contribution in [3.63, 3.8) is 0 Å². The fourth-order valence-corrected chi connectivity index (χ4v) is 2.23. The average Bonchev–Trinajstić information content (AvgIpc) is 2.28. The van der Waals surface area contributed by atoms with Crippen molar-refractivity contribution >= 4 is 11.8 Å². The molecular formula is C12H20N4. The van der Waals surface area contributed by atoms with E-state index >= 15 is 0 Å². The van der Waals surface area contributed by atoms with E-state index in [9.17, 15) is 0 Å². The molecule has 0 bridgehead atoms. The van der Waals surface area contributed by atoms with Gasteiger partial charge in [-0.2, -0.15) is 4.98 Å². The molecule has 1 heterocycles. The van der Waals surface area contributed by atoms with E-state index in [2.05, 4.69) is 22.2 Å². The third-order valence-corrected chi connectivity index (χ3v) is 3.36. The predicted molar refractivity (Wildman–Crippen MR) is 66.1 cm³/mol. The second-order valence-corrected chi connectivity index (χ2v) is 4.81. The van der Waals surface area contributed by atoms with Crippen LogP contribution in [-0.2, 0) is 0 Å². The van der Waals surface area contributed by atoms with E-state index in [1.54, 1.807) is 12.3 Å². The summed E-state index contributed by atoms with van der Waals surface area (Å²) in [6.07, 6.45) is 7.02. The molecule has 1 aliphatic carbocycles. The van der Waals surface area contributed by atoms with E-state index in [1.165, 1.54) is 25.7 Å². The zero-order valence-electron chi connectivity index (χ0n) is 9.82. The van der Waals surface area contributed by atoms with Gasteiger partial charge in [0.1, 0.15) is 5.82 Å². The number of rotatable bonds is 3. The minimum atomic E-state index is 0.523. The Hall–Kier alpha value is -1.32. The van der Waals surface area contributed by atoms with Gasteiger partial charge in [0.05, 0.1) is 0 Å². The highest BCUT2D eigenvalue weighted by Crippen LogP contribution is 2.28. The van der Waals surface area contributed by atoms with Gasteiger partial charge in [-0.05, 0) is 30.7 Å². The van der Waals surface area contributed by atoms with E-state index < -0.39 is 0 Å². The monoisotopic (exact) mass is 220 g/mol. The molecule has 0 unspecified atom stereocenters. The number of aromatic nitrogens is 2. The van der Waals surface area contributed by atoms with Crippen LogP contribution in [0.2, 0.25) is 0 Å². The first-order chi connectivity index (χ1) is 7.74. The molecule has 3 N–H and O–H groups in total. The third-order valence-electron chi connectivity index (χ3n) is 3.36. The second-order valence-electron chi connectivity index (χ2n) is 4.81. The van der Waals surface area contributed by atoms with Crippen molar-refractivity contribution in [1.29, 1.82) is 0 Å². The van der Waals surface area contributed by atoms with Crippen molar-refractivity contribution in [2.75, 3.05) is 17.6 Å². The van der Waals surface area contributed by atoms with E-state index in [0.717, 1.165) is 18.4 Å². The predicted octanol–water partition coefficient (Wildman–Crippen LogP) is 2.30. The van der Waals surface area contributed by atoms with Gasteiger partial charge in [-0.25, -0.2) is 4.98 Å². The Morgan fingerprint density at radius 1 is 1.38 bits per heavy atom. The fourth-order valence-electron chi connectivity index (χ4n) is 2.23. The molecule has 1 saturated carbocycles. The smallest absolute Gasteiger partial charge is 0.224 e. The Balaban J connectivity index is 1.79. The molecule has 0 radical (unpaired) electrons. The van der Waals surface area contributed by atoms with Crippen LogP contribution in [-0.4, -0.2) is 16.5 Å². The van der Waals surface area contributed by atoms with Crippen LogP contribution in [0.15, 0.2) is 12.3 Å². The highest BCUT2D eigenvalue weighted by atomic mass is 15.1. The Bertz CT molecular complexity index is 332. The van der Waals surface area contributed by atoms with Gasteiger partial charge in [-0.3, -0.25) is 0 Å². The quantitative estimate of drug-likeness (QED) is 0.820. The van der Waals surface area contributed by atoms with Crippen molar-refractivity contribution in [1.82, 2.24) is 9.97 Å². The molecule has 1 aliphatic rings. The van der Waals surface area contributed by atoms with Gasteiger partial charge in [0.2, 0.25) is 5.95 Å². The van der Waals surface area contributed by atoms with Crippen molar-refractivity contribution in [2.24, 2.45) is 11.8 Å². The number of hydrogen-bond donors (Lipinski definition) is 2. The lowest BCUT2D eigenvalue weighted by Gasteiger charge is -2.26. The van der Waals surface area contributed by atoms with Gasteiger partial charge >= 0.3 is 0 Å². The summed E-state index contributed by atoms with van der Waals surface area (Å²) in [5.41, 5.74) is 5.59. The van der Waals surface area contributed by atoms with Gasteiger partial charge in [0.25, 0.3) is 0 Å². The van der Waals surface area contributed by atoms with Crippen LogP contribution in [0.4, 0.5) is 11.8 Å². The van der Waals surface area contributed by atoms with E-state index in [1.807, 2.05) is 0 Å². The normalized spacial score (nSPS) is 25.3. The molecule has 0 aromatic carbocycles. The molecule has 1 aromatic heterocycles. The molecule has 0 spiro atoms. The van der Waals surface area contributed by atoms with Crippen molar-refractivity contribution in [3.8, 4) is 0 Å². The SMILES string of the molecule is CC1CCC(CNc2nccc(N)n2)CC1. The molecule has 4 heteroatoms. The minimum absolute atomic E-state index is 0.523. The van der Waals surface area contributed by atoms with Crippen LogP contribution in [0.3, 0.4) is 0 Å². The standard InChI is InChI=1S/C12H20N4/c1-9-2-4-10(5-3-9)8-15-12-14-7-6-11(13)16-12/h6-7,9-10H,2-5,8H2,1H3,(H3,13,14,15,16). The summed E-state index contributed by atoms with van der Waals surface area (Å²) in [4.78, 5) is 8.26. The van der Waals surface area contributed by atoms with Gasteiger partial charge in [0, 0.05) is 12.7 Å². The van der Waals surface area contributed by atoms with E-state index in [0.29, 0.717) is 11.8 Å². The Kier molecular flexibility index (Phi) is 3.59. The Morgan fingerprint density at radius 3 is 2.81 bits per heavy atom. The largest absolute Gasteiger partial charge is 0.384 e. The van der Waals surface area contributed by atoms with Gasteiger partial charge in [-0.1, -0.05) is 19.8 Å². The highest BCUT2D eigenvalue weighted by molar-refractivity contribution is 5.34. The molecule has 0 amide bonds. The minimum Gasteiger partial charge on any atom is -0.384 e. The molecule has 88 valence electrons. The average molecular weight is 220 g/mol. The van der Waals surface area contributed by atoms with E-state index in [-0.39, 0.29) is 0 Å². The van der Waals surface area contributed by atoms with Crippen LogP contribution in [0.25, 0.3) is 0 Å². The maximum Gasteiger partial charge on any atom is 0.224 e. The molecule has 1 aromatic rings. The Morgan fingerprint density at radius 2 is 2.12 bits per heavy atom. The maximum atomic E-state index is 5.59. The van der Waals surface area contributed by atoms with Crippen LogP contribution < -0.4 is 11.1 Å². The number of nitrogen functional groups attached to an aromatic ring is 1. The molecule has 0 aliphatic heterocycles. The number of nitrogens with one attached hydrogen (secondary N) is 1. The molecule has 0 saturated heterocycles. The van der Waals surface area contributed by atoms with Crippen molar-refractivity contribution in [3.05, 3.63) is 12.3 Å². The zero-order chi connectivity index (χ0) is 11.4. The van der Waals surface area contributed by atoms with Crippen molar-refractivity contribution < 1.29 is 0 Å². The van der Waals surface area contributed by atoms with Crippen LogP contribution in [0.5, 0.6) is 0 Å². The number of anilines is 2. The highest BCUT2D eigenvalue weighted by Gasteiger charge is 2.17. The van der Waals surface area contributed by atoms with Crippen LogP contribution in [0, 0.1) is 11.8 Å². The molecule has 2 rings (SSSR count). The molecule has 16 heavy (non-hydrogen) atoms. The van der Waals surface area contributed by atoms with Gasteiger partial charge in [0.15, 0.2) is 0 Å². The first-order valence-electron chi connectivity index (χ1n) is 6.06. The number of nitrogens with zero attached hydrogens (tertiary/aromatic N) is 2. The summed E-state index contributed by atoms with van der Waals surface area (Å²) in [7, 11) is 0. The molecule has 1 fully saturated rings. The lowest BCUT2D eigenvalue weighted by atomic mass is 9.83. The first kappa shape index (κ1) is 11.2. The number of nitrogens with two attached hydrogens (primary N) is 1. The summed E-state index contributed by atoms with van der Waals surface area (Å²) >= 11 is 0.